The van der Waals surface area contributed by atoms with E-state index in [0.717, 1.165) is 39.2 Å². The van der Waals surface area contributed by atoms with E-state index in [1.165, 1.54) is 0 Å². The van der Waals surface area contributed by atoms with Crippen molar-refractivity contribution in [2.24, 2.45) is 0 Å². The van der Waals surface area contributed by atoms with Gasteiger partial charge in [0, 0.05) is 29.7 Å². The predicted octanol–water partition coefficient (Wildman–Crippen LogP) is 8.62. The molecule has 0 saturated heterocycles. The molecule has 5 aromatic rings. The molecule has 0 fully saturated rings. The van der Waals surface area contributed by atoms with E-state index >= 15 is 0 Å². The quantitative estimate of drug-likeness (QED) is 0.0808. The normalized spacial score (nSPS) is 11.6. The number of hydrogen-bond acceptors (Lipinski definition) is 2. The molecule has 5 rings (SSSR count). The van der Waals surface area contributed by atoms with E-state index in [4.69, 9.17) is 4.74 Å². The average molecular weight is 571 g/mol. The van der Waals surface area contributed by atoms with Gasteiger partial charge in [-0.15, -0.1) is 0 Å². The molecule has 0 saturated carbocycles. The van der Waals surface area contributed by atoms with Crippen LogP contribution in [0.3, 0.4) is 0 Å². The number of esters is 1. The second-order valence-corrected chi connectivity index (χ2v) is 9.44. The molecule has 1 unspecified atom stereocenters. The number of rotatable bonds is 8. The number of hydrogen-bond donors (Lipinski definition) is 0. The first-order chi connectivity index (χ1) is 20.2. The van der Waals surface area contributed by atoms with Crippen LogP contribution in [-0.4, -0.2) is 19.8 Å². The molecule has 4 aromatic carbocycles. The van der Waals surface area contributed by atoms with Crippen LogP contribution < -0.4 is 4.57 Å². The van der Waals surface area contributed by atoms with E-state index in [1.54, 1.807) is 0 Å². The lowest BCUT2D eigenvalue weighted by atomic mass is 9.96. The van der Waals surface area contributed by atoms with Crippen LogP contribution in [0.25, 0.3) is 33.6 Å². The number of carbonyl (C=O) groups is 1. The Labute approximate surface area is 243 Å². The zero-order valence-corrected chi connectivity index (χ0v) is 23.0. The van der Waals surface area contributed by atoms with Gasteiger partial charge in [0.15, 0.2) is 0 Å². The summed E-state index contributed by atoms with van der Waals surface area (Å²) in [5, 5.41) is 0. The van der Waals surface area contributed by atoms with Gasteiger partial charge in [-0.25, -0.2) is 4.79 Å². The summed E-state index contributed by atoms with van der Waals surface area (Å²) < 4.78 is 46.8. The molecule has 0 aliphatic heterocycles. The van der Waals surface area contributed by atoms with Crippen molar-refractivity contribution in [3.63, 3.8) is 0 Å². The summed E-state index contributed by atoms with van der Waals surface area (Å²) in [4.78, 5) is 13.6. The predicted molar refractivity (Wildman–Crippen MR) is 159 cm³/mol. The summed E-state index contributed by atoms with van der Waals surface area (Å²) in [5.41, 5.74) is 7.32. The van der Waals surface area contributed by atoms with Crippen LogP contribution in [0.15, 0.2) is 133 Å². The molecule has 0 bridgehead atoms. The van der Waals surface area contributed by atoms with Crippen LogP contribution in [0, 0.1) is 0 Å². The first kappa shape index (κ1) is 30.2. The zero-order chi connectivity index (χ0) is 30.0. The molecule has 0 N–H and O–H groups in total. The molecule has 42 heavy (non-hydrogen) atoms. The highest BCUT2D eigenvalue weighted by molar-refractivity contribution is 6.50. The van der Waals surface area contributed by atoms with Crippen molar-refractivity contribution in [2.75, 3.05) is 6.61 Å². The van der Waals surface area contributed by atoms with Gasteiger partial charge in [0.25, 0.3) is 6.04 Å². The summed E-state index contributed by atoms with van der Waals surface area (Å²) in [6, 6.07) is 44.9. The molecule has 1 heterocycles. The van der Waals surface area contributed by atoms with Gasteiger partial charge in [0.05, 0.1) is 6.61 Å². The Morgan fingerprint density at radius 3 is 1.43 bits per heavy atom. The van der Waals surface area contributed by atoms with E-state index in [9.17, 15) is 22.1 Å². The Morgan fingerprint density at radius 2 is 1.02 bits per heavy atom. The Bertz CT molecular complexity index is 1500. The number of halogens is 4. The third-order valence-corrected chi connectivity index (χ3v) is 6.49. The molecule has 214 valence electrons. The third kappa shape index (κ3) is 8.40. The second-order valence-electron chi connectivity index (χ2n) is 9.44. The topological polar surface area (TPSA) is 30.2 Å². The van der Waals surface area contributed by atoms with Crippen molar-refractivity contribution < 1.29 is 31.4 Å². The minimum Gasteiger partial charge on any atom is -0.461 e. The van der Waals surface area contributed by atoms with Gasteiger partial charge in [0.2, 0.25) is 11.4 Å². The first-order valence-electron chi connectivity index (χ1n) is 13.6. The zero-order valence-electron chi connectivity index (χ0n) is 23.0. The lowest BCUT2D eigenvalue weighted by Crippen LogP contribution is -2.49. The van der Waals surface area contributed by atoms with Gasteiger partial charge < -0.3 is 22.0 Å². The summed E-state index contributed by atoms with van der Waals surface area (Å²) >= 11 is 0. The molecular weight excluding hydrogens is 541 g/mol. The maximum atomic E-state index is 13.6. The standard InChI is InChI=1S/C34H30NO2.BF4/c1-2-37-34(36)33(23-26-15-7-3-8-16-26)35-31(28-19-11-5-12-20-28)24-30(27-17-9-4-10-18-27)25-32(35)29-21-13-6-14-22-29;2-1(3,4)5/h3-22,24-25,33H,2,23H2,1H3;/q+1;-1. The highest BCUT2D eigenvalue weighted by Crippen LogP contribution is 2.31. The molecule has 1 atom stereocenters. The highest BCUT2D eigenvalue weighted by Gasteiger charge is 2.36. The van der Waals surface area contributed by atoms with Gasteiger partial charge in [0.1, 0.15) is 0 Å². The Morgan fingerprint density at radius 1 is 0.643 bits per heavy atom. The summed E-state index contributed by atoms with van der Waals surface area (Å²) in [5.74, 6) is -0.238. The molecule has 8 heteroatoms. The minimum absolute atomic E-state index is 0.238. The minimum atomic E-state index is -6.00. The van der Waals surface area contributed by atoms with Crippen LogP contribution in [-0.2, 0) is 16.0 Å². The first-order valence-corrected chi connectivity index (χ1v) is 13.6. The van der Waals surface area contributed by atoms with Gasteiger partial charge in [-0.2, -0.15) is 4.57 Å². The number of ether oxygens (including phenoxy) is 1. The summed E-state index contributed by atoms with van der Waals surface area (Å²) in [6.07, 6.45) is 0.523. The average Bonchev–Trinajstić information content (AvgIpc) is 3.00. The van der Waals surface area contributed by atoms with Crippen molar-refractivity contribution in [1.29, 1.82) is 0 Å². The number of carbonyl (C=O) groups excluding carboxylic acids is 1. The third-order valence-electron chi connectivity index (χ3n) is 6.49. The molecule has 0 amide bonds. The van der Waals surface area contributed by atoms with E-state index < -0.39 is 13.3 Å². The van der Waals surface area contributed by atoms with Crippen molar-refractivity contribution in [3.8, 4) is 33.6 Å². The van der Waals surface area contributed by atoms with Crippen LogP contribution in [0.4, 0.5) is 17.3 Å². The number of aromatic nitrogens is 1. The van der Waals surface area contributed by atoms with E-state index in [2.05, 4.69) is 77.4 Å². The smallest absolute Gasteiger partial charge is 0.461 e. The SMILES string of the molecule is CCOC(=O)C(Cc1ccccc1)[n+]1c(-c2ccccc2)cc(-c2ccccc2)cc1-c1ccccc1.F[B-](F)(F)F. The Balaban J connectivity index is 0.000000748. The van der Waals surface area contributed by atoms with Crippen LogP contribution in [0.1, 0.15) is 18.5 Å². The lowest BCUT2D eigenvalue weighted by Gasteiger charge is -2.19. The van der Waals surface area contributed by atoms with Gasteiger partial charge in [-0.05, 0) is 47.9 Å². The second kappa shape index (κ2) is 14.3. The summed E-state index contributed by atoms with van der Waals surface area (Å²) in [6.45, 7) is 2.19. The van der Waals surface area contributed by atoms with Crippen LogP contribution >= 0.6 is 0 Å². The van der Waals surface area contributed by atoms with Gasteiger partial charge >= 0.3 is 13.2 Å². The van der Waals surface area contributed by atoms with E-state index in [-0.39, 0.29) is 5.97 Å². The Hall–Kier alpha value is -4.72. The molecule has 0 aliphatic carbocycles. The number of benzene rings is 4. The van der Waals surface area contributed by atoms with Crippen molar-refractivity contribution in [2.45, 2.75) is 19.4 Å². The molecule has 0 aliphatic rings. The van der Waals surface area contributed by atoms with E-state index in [1.807, 2.05) is 67.6 Å². The van der Waals surface area contributed by atoms with Crippen molar-refractivity contribution in [1.82, 2.24) is 0 Å². The maximum Gasteiger partial charge on any atom is 0.673 e. The number of nitrogens with zero attached hydrogens (tertiary/aromatic N) is 1. The molecule has 1 aromatic heterocycles. The fourth-order valence-corrected chi connectivity index (χ4v) is 4.76. The maximum absolute atomic E-state index is 13.6. The molecule has 0 spiro atoms. The van der Waals surface area contributed by atoms with Gasteiger partial charge in [-0.3, -0.25) is 0 Å². The van der Waals surface area contributed by atoms with Crippen LogP contribution in [0.5, 0.6) is 0 Å². The molecule has 0 radical (unpaired) electrons. The molecule has 3 nitrogen and oxygen atoms in total. The highest BCUT2D eigenvalue weighted by atomic mass is 19.5. The van der Waals surface area contributed by atoms with Crippen molar-refractivity contribution >= 4 is 13.2 Å². The monoisotopic (exact) mass is 571 g/mol. The van der Waals surface area contributed by atoms with Gasteiger partial charge in [-0.1, -0.05) is 97.1 Å². The fraction of sp³-hybridized carbons (Fsp3) is 0.118. The lowest BCUT2D eigenvalue weighted by molar-refractivity contribution is -0.689. The summed E-state index contributed by atoms with van der Waals surface area (Å²) in [7, 11) is -6.00. The van der Waals surface area contributed by atoms with Crippen molar-refractivity contribution in [3.05, 3.63) is 139 Å². The Kier molecular flexibility index (Phi) is 10.3. The fourth-order valence-electron chi connectivity index (χ4n) is 4.76. The number of pyridine rings is 1. The molecular formula is C34H30BF4NO2. The largest absolute Gasteiger partial charge is 0.673 e. The van der Waals surface area contributed by atoms with E-state index in [0.29, 0.717) is 13.0 Å². The van der Waals surface area contributed by atoms with Crippen LogP contribution in [0.2, 0.25) is 0 Å².